The van der Waals surface area contributed by atoms with Crippen molar-refractivity contribution >= 4 is 29.2 Å². The maximum absolute atomic E-state index is 14.4. The van der Waals surface area contributed by atoms with Gasteiger partial charge in [-0.05, 0) is 54.3 Å². The standard InChI is InChI=1S/C31H32N4O5/c1-39-25-13-12-21(18-26(25)40-2)14-15-35-29(37)31(28(36)32-30(35)38)19-22-8-6-7-11-24(22)34-17-16-33(20-27(31)34)23-9-4-3-5-10-23/h3-13,18,27H,14-17,19-20H2,1-2H3,(H,32,36,38)/t27-,31-/m1/s1. The van der Waals surface area contributed by atoms with Gasteiger partial charge in [0.15, 0.2) is 16.9 Å². The minimum atomic E-state index is -1.44. The molecule has 0 unspecified atom stereocenters. The number of carbonyl (C=O) groups is 3. The highest BCUT2D eigenvalue weighted by Gasteiger charge is 2.62. The second kappa shape index (κ2) is 10.2. The molecule has 1 spiro atoms. The van der Waals surface area contributed by atoms with E-state index in [9.17, 15) is 14.4 Å². The van der Waals surface area contributed by atoms with E-state index < -0.39 is 29.3 Å². The van der Waals surface area contributed by atoms with Gasteiger partial charge in [-0.25, -0.2) is 4.79 Å². The molecule has 0 aromatic heterocycles. The van der Waals surface area contributed by atoms with E-state index >= 15 is 0 Å². The van der Waals surface area contributed by atoms with Gasteiger partial charge in [-0.1, -0.05) is 42.5 Å². The molecule has 0 radical (unpaired) electrons. The third kappa shape index (κ3) is 4.13. The molecule has 0 aliphatic carbocycles. The summed E-state index contributed by atoms with van der Waals surface area (Å²) >= 11 is 0. The monoisotopic (exact) mass is 540 g/mol. The number of amides is 4. The quantitative estimate of drug-likeness (QED) is 0.480. The van der Waals surface area contributed by atoms with Gasteiger partial charge in [-0.2, -0.15) is 0 Å². The Hall–Kier alpha value is -4.53. The molecule has 1 N–H and O–H groups in total. The van der Waals surface area contributed by atoms with Crippen molar-refractivity contribution in [1.29, 1.82) is 0 Å². The highest BCUT2D eigenvalue weighted by atomic mass is 16.5. The van der Waals surface area contributed by atoms with Crippen molar-refractivity contribution < 1.29 is 23.9 Å². The molecule has 2 saturated heterocycles. The van der Waals surface area contributed by atoms with Crippen LogP contribution in [-0.4, -0.2) is 69.2 Å². The van der Waals surface area contributed by atoms with Crippen molar-refractivity contribution in [3.8, 4) is 11.5 Å². The Labute approximate surface area is 233 Å². The number of nitrogens with one attached hydrogen (secondary N) is 1. The van der Waals surface area contributed by atoms with E-state index in [1.807, 2.05) is 60.7 Å². The number of carbonyl (C=O) groups excluding carboxylic acids is 3. The van der Waals surface area contributed by atoms with Crippen LogP contribution in [-0.2, 0) is 22.4 Å². The van der Waals surface area contributed by atoms with E-state index in [0.717, 1.165) is 29.0 Å². The lowest BCUT2D eigenvalue weighted by molar-refractivity contribution is -0.153. The number of benzene rings is 3. The molecule has 9 nitrogen and oxygen atoms in total. The Morgan fingerprint density at radius 3 is 2.42 bits per heavy atom. The Kier molecular flexibility index (Phi) is 6.57. The smallest absolute Gasteiger partial charge is 0.330 e. The fourth-order valence-corrected chi connectivity index (χ4v) is 6.36. The van der Waals surface area contributed by atoms with Gasteiger partial charge in [0.1, 0.15) is 0 Å². The first kappa shape index (κ1) is 25.7. The van der Waals surface area contributed by atoms with E-state index in [0.29, 0.717) is 31.0 Å². The van der Waals surface area contributed by atoms with Crippen LogP contribution in [0.4, 0.5) is 16.2 Å². The number of rotatable bonds is 6. The predicted octanol–water partition coefficient (Wildman–Crippen LogP) is 3.26. The fourth-order valence-electron chi connectivity index (χ4n) is 6.36. The van der Waals surface area contributed by atoms with Gasteiger partial charge in [0.25, 0.3) is 0 Å². The number of methoxy groups -OCH3 is 2. The number of fused-ring (bicyclic) bond motifs is 4. The maximum atomic E-state index is 14.4. The number of hydrogen-bond donors (Lipinski definition) is 1. The van der Waals surface area contributed by atoms with Crippen molar-refractivity contribution in [3.05, 3.63) is 83.9 Å². The number of piperazine rings is 1. The van der Waals surface area contributed by atoms with Crippen molar-refractivity contribution in [2.45, 2.75) is 18.9 Å². The molecule has 206 valence electrons. The van der Waals surface area contributed by atoms with Gasteiger partial charge >= 0.3 is 6.03 Å². The number of ether oxygens (including phenoxy) is 2. The minimum Gasteiger partial charge on any atom is -0.493 e. The van der Waals surface area contributed by atoms with Crippen LogP contribution in [0, 0.1) is 5.41 Å². The average Bonchev–Trinajstić information content (AvgIpc) is 2.99. The number of anilines is 2. The van der Waals surface area contributed by atoms with Crippen LogP contribution >= 0.6 is 0 Å². The summed E-state index contributed by atoms with van der Waals surface area (Å²) in [5, 5.41) is 2.55. The highest BCUT2D eigenvalue weighted by molar-refractivity contribution is 6.20. The second-order valence-electron chi connectivity index (χ2n) is 10.4. The van der Waals surface area contributed by atoms with E-state index in [2.05, 4.69) is 21.2 Å². The molecule has 3 heterocycles. The molecular formula is C31H32N4O5. The molecule has 40 heavy (non-hydrogen) atoms. The molecule has 0 bridgehead atoms. The predicted molar refractivity (Wildman–Crippen MR) is 151 cm³/mol. The zero-order chi connectivity index (χ0) is 27.9. The normalized spacial score (nSPS) is 22.1. The summed E-state index contributed by atoms with van der Waals surface area (Å²) in [7, 11) is 3.13. The summed E-state index contributed by atoms with van der Waals surface area (Å²) in [6.07, 6.45) is 0.642. The summed E-state index contributed by atoms with van der Waals surface area (Å²) in [5.41, 5.74) is 2.46. The summed E-state index contributed by atoms with van der Waals surface area (Å²) < 4.78 is 10.7. The largest absolute Gasteiger partial charge is 0.493 e. The fraction of sp³-hybridized carbons (Fsp3) is 0.323. The lowest BCUT2D eigenvalue weighted by Crippen LogP contribution is -2.75. The van der Waals surface area contributed by atoms with E-state index in [-0.39, 0.29) is 13.0 Å². The lowest BCUT2D eigenvalue weighted by atomic mass is 9.67. The van der Waals surface area contributed by atoms with Crippen molar-refractivity contribution in [1.82, 2.24) is 10.2 Å². The van der Waals surface area contributed by atoms with Crippen LogP contribution in [0.2, 0.25) is 0 Å². The molecule has 3 aliphatic rings. The summed E-state index contributed by atoms with van der Waals surface area (Å²) in [4.78, 5) is 47.0. The Morgan fingerprint density at radius 1 is 0.900 bits per heavy atom. The first-order valence-electron chi connectivity index (χ1n) is 13.5. The van der Waals surface area contributed by atoms with Gasteiger partial charge in [0.05, 0.1) is 20.3 Å². The molecule has 9 heteroatoms. The van der Waals surface area contributed by atoms with Crippen LogP contribution in [0.3, 0.4) is 0 Å². The van der Waals surface area contributed by atoms with Crippen LogP contribution in [0.25, 0.3) is 0 Å². The van der Waals surface area contributed by atoms with Gasteiger partial charge in [0.2, 0.25) is 11.8 Å². The topological polar surface area (TPSA) is 91.4 Å². The molecule has 2 atom stereocenters. The molecule has 3 aromatic rings. The Morgan fingerprint density at radius 2 is 1.65 bits per heavy atom. The van der Waals surface area contributed by atoms with Gasteiger partial charge < -0.3 is 19.3 Å². The van der Waals surface area contributed by atoms with E-state index in [4.69, 9.17) is 9.47 Å². The molecule has 4 amide bonds. The van der Waals surface area contributed by atoms with Crippen LogP contribution in [0.5, 0.6) is 11.5 Å². The van der Waals surface area contributed by atoms with Crippen LogP contribution < -0.4 is 24.6 Å². The highest BCUT2D eigenvalue weighted by Crippen LogP contribution is 2.46. The zero-order valence-electron chi connectivity index (χ0n) is 22.6. The van der Waals surface area contributed by atoms with E-state index in [1.54, 1.807) is 20.3 Å². The molecule has 3 aromatic carbocycles. The van der Waals surface area contributed by atoms with E-state index in [1.165, 1.54) is 4.90 Å². The maximum Gasteiger partial charge on any atom is 0.330 e. The molecular weight excluding hydrogens is 508 g/mol. The number of imide groups is 2. The second-order valence-corrected chi connectivity index (χ2v) is 10.4. The van der Waals surface area contributed by atoms with Gasteiger partial charge in [-0.15, -0.1) is 0 Å². The minimum absolute atomic E-state index is 0.131. The Balaban J connectivity index is 1.35. The SMILES string of the molecule is COc1ccc(CCN2C(=O)NC(=O)[C@]3(Cc4ccccc4N4CCN(c5ccccc5)C[C@@H]43)C2=O)cc1OC. The third-order valence-corrected chi connectivity index (χ3v) is 8.41. The van der Waals surface area contributed by atoms with Gasteiger partial charge in [0, 0.05) is 37.6 Å². The third-order valence-electron chi connectivity index (χ3n) is 8.41. The number of nitrogens with zero attached hydrogens (tertiary/aromatic N) is 3. The number of urea groups is 1. The average molecular weight is 541 g/mol. The number of barbiturate groups is 1. The molecule has 3 aliphatic heterocycles. The molecule has 2 fully saturated rings. The molecule has 0 saturated carbocycles. The van der Waals surface area contributed by atoms with Crippen molar-refractivity contribution in [3.63, 3.8) is 0 Å². The summed E-state index contributed by atoms with van der Waals surface area (Å²) in [6.45, 7) is 2.02. The lowest BCUT2D eigenvalue weighted by Gasteiger charge is -2.55. The van der Waals surface area contributed by atoms with Crippen molar-refractivity contribution in [2.24, 2.45) is 5.41 Å². The van der Waals surface area contributed by atoms with Crippen molar-refractivity contribution in [2.75, 3.05) is 50.2 Å². The van der Waals surface area contributed by atoms with Crippen LogP contribution in [0.1, 0.15) is 11.1 Å². The first-order valence-corrected chi connectivity index (χ1v) is 13.5. The van der Waals surface area contributed by atoms with Crippen LogP contribution in [0.15, 0.2) is 72.8 Å². The number of para-hydroxylation sites is 2. The summed E-state index contributed by atoms with van der Waals surface area (Å²) in [5.74, 6) is 0.207. The number of hydrogen-bond acceptors (Lipinski definition) is 7. The molecule has 6 rings (SSSR count). The Bertz CT molecular complexity index is 1460. The summed E-state index contributed by atoms with van der Waals surface area (Å²) in [6, 6.07) is 22.4. The zero-order valence-corrected chi connectivity index (χ0v) is 22.6. The first-order chi connectivity index (χ1) is 19.5. The van der Waals surface area contributed by atoms with Gasteiger partial charge in [-0.3, -0.25) is 19.8 Å².